The summed E-state index contributed by atoms with van der Waals surface area (Å²) in [5, 5.41) is 2.43. The van der Waals surface area contributed by atoms with Gasteiger partial charge in [0, 0.05) is 16.7 Å². The number of hydrogen-bond donors (Lipinski definition) is 1. The molecule has 162 valence electrons. The van der Waals surface area contributed by atoms with Crippen LogP contribution in [0.25, 0.3) is 0 Å². The van der Waals surface area contributed by atoms with Crippen LogP contribution in [0.3, 0.4) is 0 Å². The van der Waals surface area contributed by atoms with E-state index in [1.807, 2.05) is 30.3 Å². The number of rotatable bonds is 8. The van der Waals surface area contributed by atoms with E-state index in [0.29, 0.717) is 6.42 Å². The van der Waals surface area contributed by atoms with Crippen molar-refractivity contribution in [2.45, 2.75) is 11.3 Å². The molecular formula is C22H19BrClFN2O3S. The molecule has 0 bridgehead atoms. The summed E-state index contributed by atoms with van der Waals surface area (Å²) in [6.07, 6.45) is 0.437. The number of hydrogen-bond acceptors (Lipinski definition) is 3. The standard InChI is InChI=1S/C22H19BrClFN2O3S/c23-17-6-9-19(10-7-17)31(29,30)27(13-12-16-4-2-1-3-5-16)15-22(28)26-18-8-11-21(25)20(24)14-18/h1-11,14H,12-13,15H2,(H,26,28). The lowest BCUT2D eigenvalue weighted by Gasteiger charge is -2.22. The molecule has 0 aliphatic carbocycles. The van der Waals surface area contributed by atoms with Crippen LogP contribution in [-0.2, 0) is 21.2 Å². The average molecular weight is 526 g/mol. The first kappa shape index (κ1) is 23.4. The maximum absolute atomic E-state index is 13.3. The van der Waals surface area contributed by atoms with E-state index in [2.05, 4.69) is 21.2 Å². The van der Waals surface area contributed by atoms with E-state index in [1.54, 1.807) is 12.1 Å². The van der Waals surface area contributed by atoms with E-state index in [0.717, 1.165) is 20.4 Å². The topological polar surface area (TPSA) is 66.5 Å². The van der Waals surface area contributed by atoms with Gasteiger partial charge in [0.1, 0.15) is 5.82 Å². The van der Waals surface area contributed by atoms with E-state index in [9.17, 15) is 17.6 Å². The van der Waals surface area contributed by atoms with Gasteiger partial charge in [-0.3, -0.25) is 4.79 Å². The third-order valence-corrected chi connectivity index (χ3v) is 7.15. The zero-order valence-electron chi connectivity index (χ0n) is 16.3. The molecule has 3 aromatic rings. The first-order chi connectivity index (χ1) is 14.8. The van der Waals surface area contributed by atoms with Crippen LogP contribution in [0.4, 0.5) is 10.1 Å². The molecular weight excluding hydrogens is 507 g/mol. The Labute approximate surface area is 194 Å². The van der Waals surface area contributed by atoms with Crippen LogP contribution in [0.5, 0.6) is 0 Å². The maximum Gasteiger partial charge on any atom is 0.243 e. The van der Waals surface area contributed by atoms with Crippen LogP contribution in [0, 0.1) is 5.82 Å². The number of anilines is 1. The van der Waals surface area contributed by atoms with Gasteiger partial charge in [-0.05, 0) is 54.4 Å². The van der Waals surface area contributed by atoms with Gasteiger partial charge in [0.15, 0.2) is 0 Å². The average Bonchev–Trinajstić information content (AvgIpc) is 2.74. The van der Waals surface area contributed by atoms with Crippen LogP contribution < -0.4 is 5.32 Å². The summed E-state index contributed by atoms with van der Waals surface area (Å²) in [5.41, 5.74) is 1.23. The lowest BCUT2D eigenvalue weighted by Crippen LogP contribution is -2.39. The number of benzene rings is 3. The number of nitrogens with one attached hydrogen (secondary N) is 1. The molecule has 3 aromatic carbocycles. The molecule has 0 aliphatic rings. The first-order valence-electron chi connectivity index (χ1n) is 9.30. The molecule has 0 aliphatic heterocycles. The zero-order valence-corrected chi connectivity index (χ0v) is 19.4. The van der Waals surface area contributed by atoms with Crippen molar-refractivity contribution in [2.75, 3.05) is 18.4 Å². The van der Waals surface area contributed by atoms with Gasteiger partial charge in [0.05, 0.1) is 16.5 Å². The van der Waals surface area contributed by atoms with Gasteiger partial charge in [0.2, 0.25) is 15.9 Å². The lowest BCUT2D eigenvalue weighted by atomic mass is 10.1. The summed E-state index contributed by atoms with van der Waals surface area (Å²) in [4.78, 5) is 12.7. The second kappa shape index (κ2) is 10.4. The van der Waals surface area contributed by atoms with Crippen LogP contribution in [0.15, 0.2) is 82.2 Å². The lowest BCUT2D eigenvalue weighted by molar-refractivity contribution is -0.116. The van der Waals surface area contributed by atoms with Gasteiger partial charge in [-0.25, -0.2) is 12.8 Å². The molecule has 5 nitrogen and oxygen atoms in total. The summed E-state index contributed by atoms with van der Waals surface area (Å²) in [5.74, 6) is -1.17. The molecule has 9 heteroatoms. The molecule has 0 atom stereocenters. The molecule has 1 amide bonds. The summed E-state index contributed by atoms with van der Waals surface area (Å²) in [7, 11) is -3.92. The number of sulfonamides is 1. The number of nitrogens with zero attached hydrogens (tertiary/aromatic N) is 1. The Morgan fingerprint density at radius 2 is 1.71 bits per heavy atom. The molecule has 0 fully saturated rings. The molecule has 0 aromatic heterocycles. The quantitative estimate of drug-likeness (QED) is 0.444. The molecule has 3 rings (SSSR count). The van der Waals surface area contributed by atoms with Gasteiger partial charge in [-0.1, -0.05) is 57.9 Å². The van der Waals surface area contributed by atoms with E-state index in [4.69, 9.17) is 11.6 Å². The van der Waals surface area contributed by atoms with Gasteiger partial charge in [-0.15, -0.1) is 0 Å². The van der Waals surface area contributed by atoms with Crippen molar-refractivity contribution >= 4 is 49.1 Å². The Bertz CT molecular complexity index is 1160. The fourth-order valence-corrected chi connectivity index (χ4v) is 4.71. The molecule has 31 heavy (non-hydrogen) atoms. The third kappa shape index (κ3) is 6.36. The predicted molar refractivity (Wildman–Crippen MR) is 123 cm³/mol. The third-order valence-electron chi connectivity index (χ3n) is 4.47. The minimum atomic E-state index is -3.92. The minimum absolute atomic E-state index is 0.0846. The van der Waals surface area contributed by atoms with Crippen molar-refractivity contribution in [2.24, 2.45) is 0 Å². The highest BCUT2D eigenvalue weighted by molar-refractivity contribution is 9.10. The molecule has 0 saturated carbocycles. The number of amides is 1. The Kier molecular flexibility index (Phi) is 7.83. The summed E-state index contributed by atoms with van der Waals surface area (Å²) < 4.78 is 41.6. The second-order valence-corrected chi connectivity index (χ2v) is 9.97. The molecule has 0 radical (unpaired) electrons. The van der Waals surface area contributed by atoms with E-state index < -0.39 is 28.3 Å². The van der Waals surface area contributed by atoms with Gasteiger partial charge in [0.25, 0.3) is 0 Å². The summed E-state index contributed by atoms with van der Waals surface area (Å²) >= 11 is 9.04. The van der Waals surface area contributed by atoms with Crippen LogP contribution >= 0.6 is 27.5 Å². The summed E-state index contributed by atoms with van der Waals surface area (Å²) in [6.45, 7) is -0.291. The zero-order chi connectivity index (χ0) is 22.4. The monoisotopic (exact) mass is 524 g/mol. The smallest absolute Gasteiger partial charge is 0.243 e. The van der Waals surface area contributed by atoms with Crippen LogP contribution in [0.2, 0.25) is 5.02 Å². The predicted octanol–water partition coefficient (Wildman–Crippen LogP) is 5.11. The molecule has 0 spiro atoms. The van der Waals surface area contributed by atoms with Crippen molar-refractivity contribution in [1.82, 2.24) is 4.31 Å². The Hall–Kier alpha value is -2.26. The van der Waals surface area contributed by atoms with Crippen molar-refractivity contribution in [3.8, 4) is 0 Å². The first-order valence-corrected chi connectivity index (χ1v) is 11.9. The number of carbonyl (C=O) groups is 1. The van der Waals surface area contributed by atoms with Crippen molar-refractivity contribution < 1.29 is 17.6 Å². The van der Waals surface area contributed by atoms with Crippen molar-refractivity contribution in [3.05, 3.63) is 93.7 Å². The fraction of sp³-hybridized carbons (Fsp3) is 0.136. The van der Waals surface area contributed by atoms with Crippen molar-refractivity contribution in [1.29, 1.82) is 0 Å². The number of carbonyl (C=O) groups excluding carboxylic acids is 1. The second-order valence-electron chi connectivity index (χ2n) is 6.71. The van der Waals surface area contributed by atoms with Crippen molar-refractivity contribution in [3.63, 3.8) is 0 Å². The summed E-state index contributed by atoms with van der Waals surface area (Å²) in [6, 6.07) is 19.4. The Morgan fingerprint density at radius 1 is 1.03 bits per heavy atom. The molecule has 0 unspecified atom stereocenters. The SMILES string of the molecule is O=C(CN(CCc1ccccc1)S(=O)(=O)c1ccc(Br)cc1)Nc1ccc(F)c(Cl)c1. The highest BCUT2D eigenvalue weighted by atomic mass is 79.9. The highest BCUT2D eigenvalue weighted by Crippen LogP contribution is 2.21. The van der Waals surface area contributed by atoms with Crippen LogP contribution in [0.1, 0.15) is 5.56 Å². The van der Waals surface area contributed by atoms with E-state index in [-0.39, 0.29) is 22.2 Å². The Morgan fingerprint density at radius 3 is 2.35 bits per heavy atom. The molecule has 0 saturated heterocycles. The molecule has 1 N–H and O–H groups in total. The maximum atomic E-state index is 13.3. The highest BCUT2D eigenvalue weighted by Gasteiger charge is 2.26. The van der Waals surface area contributed by atoms with Crippen LogP contribution in [-0.4, -0.2) is 31.7 Å². The van der Waals surface area contributed by atoms with E-state index in [1.165, 1.54) is 24.3 Å². The number of halogens is 3. The molecule has 0 heterocycles. The van der Waals surface area contributed by atoms with E-state index >= 15 is 0 Å². The Balaban J connectivity index is 1.81. The van der Waals surface area contributed by atoms with Gasteiger partial charge >= 0.3 is 0 Å². The van der Waals surface area contributed by atoms with Gasteiger partial charge in [-0.2, -0.15) is 4.31 Å². The normalized spacial score (nSPS) is 11.5. The fourth-order valence-electron chi connectivity index (χ4n) is 2.87. The van der Waals surface area contributed by atoms with Gasteiger partial charge < -0.3 is 5.32 Å². The minimum Gasteiger partial charge on any atom is -0.325 e. The largest absolute Gasteiger partial charge is 0.325 e.